The molecule has 0 saturated heterocycles. The number of nitrogens with zero attached hydrogens (tertiary/aromatic N) is 2. The van der Waals surface area contributed by atoms with E-state index in [0.717, 1.165) is 22.0 Å². The molecule has 78 valence electrons. The predicted octanol–water partition coefficient (Wildman–Crippen LogP) is 2.72. The largest absolute Gasteiger partial charge is 0.396 e. The molecule has 0 aliphatic rings. The van der Waals surface area contributed by atoms with Gasteiger partial charge in [-0.25, -0.2) is 4.68 Å². The summed E-state index contributed by atoms with van der Waals surface area (Å²) in [5, 5.41) is 5.02. The Morgan fingerprint density at radius 1 is 1.33 bits per heavy atom. The van der Waals surface area contributed by atoms with E-state index in [1.807, 2.05) is 32.0 Å². The van der Waals surface area contributed by atoms with Crippen LogP contribution in [0.25, 0.3) is 5.69 Å². The number of anilines is 1. The van der Waals surface area contributed by atoms with Crippen LogP contribution in [0.4, 0.5) is 5.69 Å². The van der Waals surface area contributed by atoms with Crippen molar-refractivity contribution in [3.63, 3.8) is 0 Å². The van der Waals surface area contributed by atoms with Gasteiger partial charge in [0.2, 0.25) is 0 Å². The van der Waals surface area contributed by atoms with Gasteiger partial charge in [0.1, 0.15) is 0 Å². The molecule has 4 heteroatoms. The van der Waals surface area contributed by atoms with Crippen molar-refractivity contribution in [1.82, 2.24) is 9.78 Å². The number of halogens is 1. The third-order valence-corrected chi connectivity index (χ3v) is 2.76. The molecule has 2 aromatic rings. The van der Waals surface area contributed by atoms with Crippen molar-refractivity contribution in [2.75, 3.05) is 5.73 Å². The molecular weight excluding hydrogens is 210 g/mol. The van der Waals surface area contributed by atoms with Gasteiger partial charge in [0.05, 0.1) is 23.3 Å². The summed E-state index contributed by atoms with van der Waals surface area (Å²) in [7, 11) is 0. The SMILES string of the molecule is Cc1ccc(-n2cc(N)c(C)n2)cc1Cl. The van der Waals surface area contributed by atoms with Crippen molar-refractivity contribution >= 4 is 17.3 Å². The molecule has 2 N–H and O–H groups in total. The highest BCUT2D eigenvalue weighted by atomic mass is 35.5. The first-order chi connectivity index (χ1) is 7.08. The Morgan fingerprint density at radius 2 is 2.07 bits per heavy atom. The number of nitrogen functional groups attached to an aromatic ring is 1. The van der Waals surface area contributed by atoms with Crippen LogP contribution in [-0.4, -0.2) is 9.78 Å². The number of hydrogen-bond donors (Lipinski definition) is 1. The van der Waals surface area contributed by atoms with Crippen LogP contribution in [-0.2, 0) is 0 Å². The van der Waals surface area contributed by atoms with Gasteiger partial charge >= 0.3 is 0 Å². The lowest BCUT2D eigenvalue weighted by Gasteiger charge is -2.03. The van der Waals surface area contributed by atoms with Crippen molar-refractivity contribution in [3.8, 4) is 5.69 Å². The quantitative estimate of drug-likeness (QED) is 0.805. The van der Waals surface area contributed by atoms with Crippen LogP contribution >= 0.6 is 11.6 Å². The minimum atomic E-state index is 0.687. The molecular formula is C11H12ClN3. The van der Waals surface area contributed by atoms with Crippen LogP contribution in [0.2, 0.25) is 5.02 Å². The minimum Gasteiger partial charge on any atom is -0.396 e. The maximum atomic E-state index is 6.04. The molecule has 0 amide bonds. The highest BCUT2D eigenvalue weighted by molar-refractivity contribution is 6.31. The standard InChI is InChI=1S/C11H12ClN3/c1-7-3-4-9(5-10(7)12)15-6-11(13)8(2)14-15/h3-6H,13H2,1-2H3. The van der Waals surface area contributed by atoms with E-state index in [2.05, 4.69) is 5.10 Å². The molecule has 3 nitrogen and oxygen atoms in total. The van der Waals surface area contributed by atoms with E-state index in [1.54, 1.807) is 10.9 Å². The Bertz CT molecular complexity index is 483. The Hall–Kier alpha value is -1.48. The lowest BCUT2D eigenvalue weighted by molar-refractivity contribution is 0.862. The van der Waals surface area contributed by atoms with Crippen molar-refractivity contribution in [2.24, 2.45) is 0 Å². The van der Waals surface area contributed by atoms with Crippen LogP contribution in [0.3, 0.4) is 0 Å². The molecule has 1 aromatic heterocycles. The molecule has 0 unspecified atom stereocenters. The first kappa shape index (κ1) is 10.1. The fraction of sp³-hybridized carbons (Fsp3) is 0.182. The van der Waals surface area contributed by atoms with E-state index in [0.29, 0.717) is 5.69 Å². The van der Waals surface area contributed by atoms with E-state index >= 15 is 0 Å². The summed E-state index contributed by atoms with van der Waals surface area (Å²) in [5.41, 5.74) is 9.22. The van der Waals surface area contributed by atoms with Gasteiger partial charge in [0.15, 0.2) is 0 Å². The molecule has 0 aliphatic heterocycles. The Labute approximate surface area is 93.5 Å². The van der Waals surface area contributed by atoms with Crippen molar-refractivity contribution in [2.45, 2.75) is 13.8 Å². The van der Waals surface area contributed by atoms with E-state index in [9.17, 15) is 0 Å². The zero-order valence-corrected chi connectivity index (χ0v) is 9.42. The van der Waals surface area contributed by atoms with E-state index in [4.69, 9.17) is 17.3 Å². The molecule has 2 rings (SSSR count). The molecule has 0 radical (unpaired) electrons. The van der Waals surface area contributed by atoms with Crippen LogP contribution in [0.15, 0.2) is 24.4 Å². The summed E-state index contributed by atoms with van der Waals surface area (Å²) >= 11 is 6.04. The van der Waals surface area contributed by atoms with Gasteiger partial charge in [-0.05, 0) is 31.5 Å². The summed E-state index contributed by atoms with van der Waals surface area (Å²) in [6.07, 6.45) is 1.79. The van der Waals surface area contributed by atoms with Crippen molar-refractivity contribution < 1.29 is 0 Å². The maximum absolute atomic E-state index is 6.04. The molecule has 0 fully saturated rings. The van der Waals surface area contributed by atoms with Crippen LogP contribution in [0.5, 0.6) is 0 Å². The van der Waals surface area contributed by atoms with Gasteiger partial charge in [-0.3, -0.25) is 0 Å². The first-order valence-corrected chi connectivity index (χ1v) is 5.04. The van der Waals surface area contributed by atoms with Crippen molar-refractivity contribution in [1.29, 1.82) is 0 Å². The van der Waals surface area contributed by atoms with Gasteiger partial charge in [0, 0.05) is 5.02 Å². The first-order valence-electron chi connectivity index (χ1n) is 4.66. The smallest absolute Gasteiger partial charge is 0.0827 e. The van der Waals surface area contributed by atoms with Gasteiger partial charge in [-0.1, -0.05) is 17.7 Å². The van der Waals surface area contributed by atoms with E-state index in [-0.39, 0.29) is 0 Å². The summed E-state index contributed by atoms with van der Waals surface area (Å²) in [4.78, 5) is 0. The number of aromatic nitrogens is 2. The van der Waals surface area contributed by atoms with Crippen LogP contribution in [0, 0.1) is 13.8 Å². The summed E-state index contributed by atoms with van der Waals surface area (Å²) in [5.74, 6) is 0. The third-order valence-electron chi connectivity index (χ3n) is 2.36. The second kappa shape index (κ2) is 3.59. The number of rotatable bonds is 1. The summed E-state index contributed by atoms with van der Waals surface area (Å²) in [6.45, 7) is 3.84. The van der Waals surface area contributed by atoms with Crippen LogP contribution < -0.4 is 5.73 Å². The molecule has 0 saturated carbocycles. The molecule has 0 aliphatic carbocycles. The fourth-order valence-corrected chi connectivity index (χ4v) is 1.50. The van der Waals surface area contributed by atoms with Gasteiger partial charge in [0.25, 0.3) is 0 Å². The van der Waals surface area contributed by atoms with E-state index < -0.39 is 0 Å². The zero-order valence-electron chi connectivity index (χ0n) is 8.66. The topological polar surface area (TPSA) is 43.8 Å². The predicted molar refractivity (Wildman–Crippen MR) is 62.5 cm³/mol. The van der Waals surface area contributed by atoms with Crippen molar-refractivity contribution in [3.05, 3.63) is 40.7 Å². The monoisotopic (exact) mass is 221 g/mol. The summed E-state index contributed by atoms with van der Waals surface area (Å²) in [6, 6.07) is 5.81. The third kappa shape index (κ3) is 1.83. The maximum Gasteiger partial charge on any atom is 0.0827 e. The number of benzene rings is 1. The highest BCUT2D eigenvalue weighted by Crippen LogP contribution is 2.20. The molecule has 1 heterocycles. The summed E-state index contributed by atoms with van der Waals surface area (Å²) < 4.78 is 1.73. The Morgan fingerprint density at radius 3 is 2.60 bits per heavy atom. The normalized spacial score (nSPS) is 10.6. The molecule has 0 bridgehead atoms. The Balaban J connectivity index is 2.49. The second-order valence-corrected chi connectivity index (χ2v) is 3.96. The zero-order chi connectivity index (χ0) is 11.0. The average molecular weight is 222 g/mol. The molecule has 15 heavy (non-hydrogen) atoms. The van der Waals surface area contributed by atoms with Gasteiger partial charge in [-0.15, -0.1) is 0 Å². The Kier molecular flexibility index (Phi) is 2.40. The number of aryl methyl sites for hydroxylation is 2. The van der Waals surface area contributed by atoms with Gasteiger partial charge in [-0.2, -0.15) is 5.10 Å². The lowest BCUT2D eigenvalue weighted by atomic mass is 10.2. The highest BCUT2D eigenvalue weighted by Gasteiger charge is 2.04. The van der Waals surface area contributed by atoms with Gasteiger partial charge < -0.3 is 5.73 Å². The molecule has 1 aromatic carbocycles. The number of nitrogens with two attached hydrogens (primary N) is 1. The average Bonchev–Trinajstić information content (AvgIpc) is 2.52. The minimum absolute atomic E-state index is 0.687. The lowest BCUT2D eigenvalue weighted by Crippen LogP contribution is -1.95. The molecule has 0 atom stereocenters. The fourth-order valence-electron chi connectivity index (χ4n) is 1.33. The second-order valence-electron chi connectivity index (χ2n) is 3.55. The van der Waals surface area contributed by atoms with E-state index in [1.165, 1.54) is 0 Å². The number of hydrogen-bond acceptors (Lipinski definition) is 2. The van der Waals surface area contributed by atoms with Crippen LogP contribution in [0.1, 0.15) is 11.3 Å². The molecule has 0 spiro atoms.